The minimum Gasteiger partial charge on any atom is -0.497 e. The summed E-state index contributed by atoms with van der Waals surface area (Å²) in [6.45, 7) is 2.10. The first-order chi connectivity index (χ1) is 15.3. The van der Waals surface area contributed by atoms with E-state index in [-0.39, 0.29) is 11.9 Å². The van der Waals surface area contributed by atoms with E-state index in [0.29, 0.717) is 49.0 Å². The molecule has 0 atom stereocenters. The summed E-state index contributed by atoms with van der Waals surface area (Å²) in [6.07, 6.45) is -3.30. The molecule has 1 N–H and O–H groups in total. The molecule has 1 aliphatic rings. The minimum atomic E-state index is -4.70. The molecule has 0 bridgehead atoms. The Bertz CT molecular complexity index is 1060. The number of anilines is 2. The van der Waals surface area contributed by atoms with Crippen LogP contribution in [0.15, 0.2) is 47.1 Å². The summed E-state index contributed by atoms with van der Waals surface area (Å²) in [5, 5.41) is 6.20. The number of carbonyl (C=O) groups excluding carboxylic acids is 1. The van der Waals surface area contributed by atoms with Gasteiger partial charge in [-0.2, -0.15) is 18.2 Å². The molecule has 0 unspecified atom stereocenters. The summed E-state index contributed by atoms with van der Waals surface area (Å²) < 4.78 is 47.2. The van der Waals surface area contributed by atoms with Crippen LogP contribution < -0.4 is 15.0 Å². The average Bonchev–Trinajstić information content (AvgIpc) is 3.31. The first kappa shape index (κ1) is 21.4. The second kappa shape index (κ2) is 8.73. The fourth-order valence-electron chi connectivity index (χ4n) is 3.18. The quantitative estimate of drug-likeness (QED) is 0.652. The van der Waals surface area contributed by atoms with Gasteiger partial charge in [-0.05, 0) is 36.4 Å². The maximum atomic E-state index is 12.6. The van der Waals surface area contributed by atoms with Crippen LogP contribution in [-0.2, 0) is 6.18 Å². The molecule has 2 aromatic heterocycles. The molecule has 1 aliphatic heterocycles. The number of halogens is 3. The maximum absolute atomic E-state index is 12.6. The Morgan fingerprint density at radius 2 is 1.81 bits per heavy atom. The van der Waals surface area contributed by atoms with Crippen LogP contribution in [0.5, 0.6) is 5.75 Å². The molecular weight excluding hydrogens is 429 g/mol. The molecule has 3 heterocycles. The molecule has 3 aromatic rings. The van der Waals surface area contributed by atoms with Gasteiger partial charge in [0.2, 0.25) is 5.82 Å². The van der Waals surface area contributed by atoms with Crippen molar-refractivity contribution in [1.29, 1.82) is 0 Å². The minimum absolute atomic E-state index is 0.184. The summed E-state index contributed by atoms with van der Waals surface area (Å²) in [5.74, 6) is -0.240. The van der Waals surface area contributed by atoms with Crippen LogP contribution in [0.2, 0.25) is 0 Å². The molecule has 1 aromatic carbocycles. The van der Waals surface area contributed by atoms with Crippen molar-refractivity contribution in [2.45, 2.75) is 6.18 Å². The highest BCUT2D eigenvalue weighted by Crippen LogP contribution is 2.29. The average molecular weight is 448 g/mol. The van der Waals surface area contributed by atoms with E-state index in [1.54, 1.807) is 48.4 Å². The lowest BCUT2D eigenvalue weighted by Crippen LogP contribution is -2.50. The molecule has 1 saturated heterocycles. The highest BCUT2D eigenvalue weighted by molar-refractivity contribution is 5.89. The van der Waals surface area contributed by atoms with Crippen molar-refractivity contribution in [2.75, 3.05) is 43.5 Å². The van der Waals surface area contributed by atoms with Gasteiger partial charge in [-0.15, -0.1) is 0 Å². The van der Waals surface area contributed by atoms with Gasteiger partial charge in [0.05, 0.1) is 7.11 Å². The number of nitrogens with one attached hydrogen (secondary N) is 1. The van der Waals surface area contributed by atoms with E-state index in [4.69, 9.17) is 4.74 Å². The molecule has 9 nitrogen and oxygen atoms in total. The molecule has 1 fully saturated rings. The lowest BCUT2D eigenvalue weighted by atomic mass is 10.2. The van der Waals surface area contributed by atoms with E-state index < -0.39 is 12.1 Å². The molecular formula is C20H19F3N6O3. The SMILES string of the molecule is COc1ccc(NC(=O)N2CCN(c3ccc(-c4noc(C(F)(F)F)n4)cn3)CC2)cc1. The van der Waals surface area contributed by atoms with Gasteiger partial charge in [0, 0.05) is 43.6 Å². The predicted octanol–water partition coefficient (Wildman–Crippen LogP) is 3.51. The van der Waals surface area contributed by atoms with Gasteiger partial charge < -0.3 is 24.4 Å². The number of alkyl halides is 3. The molecule has 168 valence electrons. The number of hydrogen-bond donors (Lipinski definition) is 1. The molecule has 0 aliphatic carbocycles. The largest absolute Gasteiger partial charge is 0.497 e. The molecule has 4 rings (SSSR count). The van der Waals surface area contributed by atoms with Gasteiger partial charge in [-0.1, -0.05) is 5.16 Å². The number of hydrogen-bond acceptors (Lipinski definition) is 7. The van der Waals surface area contributed by atoms with Crippen LogP contribution in [0.4, 0.5) is 29.5 Å². The Labute approximate surface area is 180 Å². The molecule has 0 saturated carbocycles. The molecule has 0 radical (unpaired) electrons. The number of urea groups is 1. The summed E-state index contributed by atoms with van der Waals surface area (Å²) in [7, 11) is 1.57. The van der Waals surface area contributed by atoms with Crippen LogP contribution in [0, 0.1) is 0 Å². The first-order valence-corrected chi connectivity index (χ1v) is 9.66. The fraction of sp³-hybridized carbons (Fsp3) is 0.300. The maximum Gasteiger partial charge on any atom is 0.471 e. The Balaban J connectivity index is 1.32. The van der Waals surface area contributed by atoms with Gasteiger partial charge in [-0.3, -0.25) is 0 Å². The normalized spacial score (nSPS) is 14.4. The highest BCUT2D eigenvalue weighted by Gasteiger charge is 2.38. The van der Waals surface area contributed by atoms with Crippen LogP contribution in [0.25, 0.3) is 11.4 Å². The number of amides is 2. The third-order valence-electron chi connectivity index (χ3n) is 4.91. The van der Waals surface area contributed by atoms with E-state index in [9.17, 15) is 18.0 Å². The Hall–Kier alpha value is -3.83. The van der Waals surface area contributed by atoms with Crippen molar-refractivity contribution >= 4 is 17.5 Å². The third-order valence-corrected chi connectivity index (χ3v) is 4.91. The summed E-state index contributed by atoms with van der Waals surface area (Å²) in [6, 6.07) is 10.1. The molecule has 2 amide bonds. The predicted molar refractivity (Wildman–Crippen MR) is 108 cm³/mol. The second-order valence-corrected chi connectivity index (χ2v) is 6.96. The van der Waals surface area contributed by atoms with Crippen LogP contribution in [0.3, 0.4) is 0 Å². The van der Waals surface area contributed by atoms with Crippen molar-refractivity contribution in [2.24, 2.45) is 0 Å². The van der Waals surface area contributed by atoms with Gasteiger partial charge in [0.1, 0.15) is 11.6 Å². The third kappa shape index (κ3) is 4.74. The number of methoxy groups -OCH3 is 1. The molecule has 32 heavy (non-hydrogen) atoms. The van der Waals surface area contributed by atoms with Gasteiger partial charge in [0.25, 0.3) is 0 Å². The summed E-state index contributed by atoms with van der Waals surface area (Å²) in [5.41, 5.74) is 0.983. The molecule has 0 spiro atoms. The van der Waals surface area contributed by atoms with Gasteiger partial charge in [0.15, 0.2) is 0 Å². The zero-order valence-electron chi connectivity index (χ0n) is 17.0. The van der Waals surface area contributed by atoms with Gasteiger partial charge >= 0.3 is 18.1 Å². The van der Waals surface area contributed by atoms with E-state index in [2.05, 4.69) is 25.0 Å². The fourth-order valence-corrected chi connectivity index (χ4v) is 3.18. The highest BCUT2D eigenvalue weighted by atomic mass is 19.4. The van der Waals surface area contributed by atoms with E-state index >= 15 is 0 Å². The second-order valence-electron chi connectivity index (χ2n) is 6.96. The van der Waals surface area contributed by atoms with Crippen LogP contribution >= 0.6 is 0 Å². The summed E-state index contributed by atoms with van der Waals surface area (Å²) in [4.78, 5) is 23.8. The van der Waals surface area contributed by atoms with Crippen molar-refractivity contribution < 1.29 is 27.2 Å². The summed E-state index contributed by atoms with van der Waals surface area (Å²) >= 11 is 0. The van der Waals surface area contributed by atoms with Gasteiger partial charge in [-0.25, -0.2) is 9.78 Å². The van der Waals surface area contributed by atoms with E-state index in [0.717, 1.165) is 0 Å². The van der Waals surface area contributed by atoms with Crippen LogP contribution in [0.1, 0.15) is 5.89 Å². The van der Waals surface area contributed by atoms with Crippen molar-refractivity contribution in [3.63, 3.8) is 0 Å². The van der Waals surface area contributed by atoms with Crippen molar-refractivity contribution in [3.8, 4) is 17.1 Å². The van der Waals surface area contributed by atoms with E-state index in [1.165, 1.54) is 6.20 Å². The topological polar surface area (TPSA) is 96.6 Å². The number of aromatic nitrogens is 3. The number of piperazine rings is 1. The zero-order chi connectivity index (χ0) is 22.7. The first-order valence-electron chi connectivity index (χ1n) is 9.66. The van der Waals surface area contributed by atoms with Crippen LogP contribution in [-0.4, -0.2) is 59.3 Å². The number of rotatable bonds is 4. The number of pyridine rings is 1. The number of carbonyl (C=O) groups is 1. The van der Waals surface area contributed by atoms with Crippen molar-refractivity contribution in [1.82, 2.24) is 20.0 Å². The lowest BCUT2D eigenvalue weighted by molar-refractivity contribution is -0.159. The number of ether oxygens (including phenoxy) is 1. The monoisotopic (exact) mass is 448 g/mol. The Kier molecular flexibility index (Phi) is 5.84. The molecule has 12 heteroatoms. The zero-order valence-corrected chi connectivity index (χ0v) is 17.0. The smallest absolute Gasteiger partial charge is 0.471 e. The Morgan fingerprint density at radius 1 is 1.09 bits per heavy atom. The number of benzene rings is 1. The Morgan fingerprint density at radius 3 is 2.38 bits per heavy atom. The number of nitrogens with zero attached hydrogens (tertiary/aromatic N) is 5. The standard InChI is InChI=1S/C20H19F3N6O3/c1-31-15-5-3-14(4-6-15)25-19(30)29-10-8-28(9-11-29)16-7-2-13(12-24-16)17-26-18(32-27-17)20(21,22)23/h2-7,12H,8-11H2,1H3,(H,25,30). The lowest BCUT2D eigenvalue weighted by Gasteiger charge is -2.35. The van der Waals surface area contributed by atoms with E-state index in [1.807, 2.05) is 4.90 Å². The van der Waals surface area contributed by atoms with Crippen molar-refractivity contribution in [3.05, 3.63) is 48.5 Å².